The van der Waals surface area contributed by atoms with Gasteiger partial charge in [-0.25, -0.2) is 0 Å². The van der Waals surface area contributed by atoms with Crippen LogP contribution in [-0.2, 0) is 4.74 Å². The number of rotatable bonds is 3. The van der Waals surface area contributed by atoms with Crippen molar-refractivity contribution in [3.63, 3.8) is 0 Å². The molecule has 2 rings (SSSR count). The number of aryl methyl sites for hydroxylation is 1. The highest BCUT2D eigenvalue weighted by Gasteiger charge is 2.20. The van der Waals surface area contributed by atoms with Crippen molar-refractivity contribution in [3.05, 3.63) is 28.2 Å². The molecule has 1 aliphatic heterocycles. The minimum Gasteiger partial charge on any atom is -0.382 e. The third-order valence-corrected chi connectivity index (χ3v) is 4.22. The van der Waals surface area contributed by atoms with Gasteiger partial charge in [-0.2, -0.15) is 0 Å². The Bertz CT molecular complexity index is 380. The van der Waals surface area contributed by atoms with Gasteiger partial charge in [-0.15, -0.1) is 0 Å². The maximum atomic E-state index is 5.69. The summed E-state index contributed by atoms with van der Waals surface area (Å²) in [5, 5.41) is 3.60. The van der Waals surface area contributed by atoms with Crippen LogP contribution in [0.2, 0.25) is 0 Å². The maximum absolute atomic E-state index is 5.69. The molecule has 1 aliphatic rings. The van der Waals surface area contributed by atoms with Crippen molar-refractivity contribution in [3.8, 4) is 0 Å². The first-order valence-corrected chi connectivity index (χ1v) is 7.12. The van der Waals surface area contributed by atoms with Gasteiger partial charge in [0.15, 0.2) is 0 Å². The second-order valence-corrected chi connectivity index (χ2v) is 5.58. The minimum atomic E-state index is 0.426. The van der Waals surface area contributed by atoms with Crippen molar-refractivity contribution in [1.29, 1.82) is 0 Å². The number of anilines is 1. The molecule has 3 heteroatoms. The molecule has 0 spiro atoms. The van der Waals surface area contributed by atoms with E-state index in [9.17, 15) is 0 Å². The first-order chi connectivity index (χ1) is 8.19. The Morgan fingerprint density at radius 2 is 2.29 bits per heavy atom. The molecule has 1 aromatic rings. The number of ether oxygens (including phenoxy) is 1. The molecule has 1 fully saturated rings. The van der Waals surface area contributed by atoms with E-state index in [2.05, 4.69) is 53.3 Å². The van der Waals surface area contributed by atoms with Gasteiger partial charge in [0, 0.05) is 22.8 Å². The van der Waals surface area contributed by atoms with E-state index in [0.29, 0.717) is 12.1 Å². The highest BCUT2D eigenvalue weighted by Crippen LogP contribution is 2.24. The molecule has 2 unspecified atom stereocenters. The van der Waals surface area contributed by atoms with Crippen LogP contribution in [0.15, 0.2) is 22.7 Å². The summed E-state index contributed by atoms with van der Waals surface area (Å²) >= 11 is 3.57. The lowest BCUT2D eigenvalue weighted by atomic mass is 10.0. The number of hydrogen-bond acceptors (Lipinski definition) is 2. The topological polar surface area (TPSA) is 21.3 Å². The molecule has 1 saturated heterocycles. The summed E-state index contributed by atoms with van der Waals surface area (Å²) in [6.07, 6.45) is 3.75. The molecule has 1 heterocycles. The van der Waals surface area contributed by atoms with Crippen LogP contribution in [0.1, 0.15) is 31.7 Å². The Labute approximate surface area is 112 Å². The van der Waals surface area contributed by atoms with Crippen LogP contribution in [0, 0.1) is 6.92 Å². The molecule has 0 aromatic heterocycles. The molecule has 1 N–H and O–H groups in total. The number of halogens is 1. The van der Waals surface area contributed by atoms with Crippen molar-refractivity contribution in [2.45, 2.75) is 45.3 Å². The molecular formula is C14H20BrNO. The highest BCUT2D eigenvalue weighted by molar-refractivity contribution is 9.10. The van der Waals surface area contributed by atoms with Gasteiger partial charge in [0.25, 0.3) is 0 Å². The molecule has 0 bridgehead atoms. The lowest BCUT2D eigenvalue weighted by Crippen LogP contribution is -2.33. The summed E-state index contributed by atoms with van der Waals surface area (Å²) in [4.78, 5) is 0. The van der Waals surface area contributed by atoms with E-state index in [1.54, 1.807) is 0 Å². The predicted octanol–water partition coefficient (Wildman–Crippen LogP) is 4.13. The molecule has 1 aromatic carbocycles. The average Bonchev–Trinajstić information content (AvgIpc) is 2.34. The molecule has 0 aliphatic carbocycles. The van der Waals surface area contributed by atoms with Gasteiger partial charge in [-0.1, -0.05) is 28.9 Å². The lowest BCUT2D eigenvalue weighted by molar-refractivity contribution is 0.00925. The minimum absolute atomic E-state index is 0.426. The Hall–Kier alpha value is -0.540. The third-order valence-electron chi connectivity index (χ3n) is 3.37. The second-order valence-electron chi connectivity index (χ2n) is 4.73. The molecule has 0 saturated carbocycles. The fraction of sp³-hybridized carbons (Fsp3) is 0.571. The van der Waals surface area contributed by atoms with Crippen LogP contribution in [0.25, 0.3) is 0 Å². The van der Waals surface area contributed by atoms with Crippen molar-refractivity contribution >= 4 is 21.6 Å². The van der Waals surface area contributed by atoms with E-state index in [1.165, 1.54) is 15.7 Å². The quantitative estimate of drug-likeness (QED) is 0.906. The fourth-order valence-electron chi connectivity index (χ4n) is 2.21. The largest absolute Gasteiger partial charge is 0.382 e. The average molecular weight is 298 g/mol. The zero-order chi connectivity index (χ0) is 12.3. The number of hydrogen-bond donors (Lipinski definition) is 1. The molecular weight excluding hydrogens is 278 g/mol. The van der Waals surface area contributed by atoms with Gasteiger partial charge >= 0.3 is 0 Å². The second kappa shape index (κ2) is 5.87. The van der Waals surface area contributed by atoms with Crippen LogP contribution < -0.4 is 5.32 Å². The van der Waals surface area contributed by atoms with Crippen LogP contribution in [0.5, 0.6) is 0 Å². The zero-order valence-electron chi connectivity index (χ0n) is 10.5. The fourth-order valence-corrected chi connectivity index (χ4v) is 2.59. The molecule has 2 atom stereocenters. The predicted molar refractivity (Wildman–Crippen MR) is 75.6 cm³/mol. The molecule has 17 heavy (non-hydrogen) atoms. The summed E-state index contributed by atoms with van der Waals surface area (Å²) in [5.41, 5.74) is 2.47. The van der Waals surface area contributed by atoms with Gasteiger partial charge in [-0.05, 0) is 43.9 Å². The Morgan fingerprint density at radius 3 is 3.00 bits per heavy atom. The van der Waals surface area contributed by atoms with E-state index < -0.39 is 0 Å². The monoisotopic (exact) mass is 297 g/mol. The van der Waals surface area contributed by atoms with E-state index in [-0.39, 0.29) is 0 Å². The van der Waals surface area contributed by atoms with E-state index in [0.717, 1.165) is 25.9 Å². The Morgan fingerprint density at radius 1 is 1.47 bits per heavy atom. The van der Waals surface area contributed by atoms with Crippen LogP contribution in [0.4, 0.5) is 5.69 Å². The number of nitrogens with one attached hydrogen (secondary N) is 1. The third kappa shape index (κ3) is 3.46. The van der Waals surface area contributed by atoms with Crippen molar-refractivity contribution < 1.29 is 4.74 Å². The van der Waals surface area contributed by atoms with Crippen LogP contribution in [0.3, 0.4) is 0 Å². The maximum Gasteiger partial charge on any atom is 0.0592 e. The van der Waals surface area contributed by atoms with E-state index in [4.69, 9.17) is 4.74 Å². The first-order valence-electron chi connectivity index (χ1n) is 6.33. The first kappa shape index (κ1) is 12.9. The summed E-state index contributed by atoms with van der Waals surface area (Å²) < 4.78 is 6.86. The lowest BCUT2D eigenvalue weighted by Gasteiger charge is -2.30. The standard InChI is InChI=1S/C14H20BrNO/c1-3-13-8-12(6-7-17-13)16-11-5-4-10(2)14(15)9-11/h4-5,9,12-13,16H,3,6-8H2,1-2H3. The summed E-state index contributed by atoms with van der Waals surface area (Å²) in [5.74, 6) is 0. The van der Waals surface area contributed by atoms with Crippen LogP contribution in [-0.4, -0.2) is 18.8 Å². The highest BCUT2D eigenvalue weighted by atomic mass is 79.9. The van der Waals surface area contributed by atoms with E-state index >= 15 is 0 Å². The van der Waals surface area contributed by atoms with E-state index in [1.807, 2.05) is 0 Å². The van der Waals surface area contributed by atoms with Crippen LogP contribution >= 0.6 is 15.9 Å². The number of benzene rings is 1. The van der Waals surface area contributed by atoms with Crippen molar-refractivity contribution in [1.82, 2.24) is 0 Å². The smallest absolute Gasteiger partial charge is 0.0592 e. The SMILES string of the molecule is CCC1CC(Nc2ccc(C)c(Br)c2)CCO1. The summed E-state index contributed by atoms with van der Waals surface area (Å²) in [6, 6.07) is 6.99. The molecule has 0 radical (unpaired) electrons. The van der Waals surface area contributed by atoms with Gasteiger partial charge in [-0.3, -0.25) is 0 Å². The Kier molecular flexibility index (Phi) is 4.46. The van der Waals surface area contributed by atoms with Gasteiger partial charge in [0.2, 0.25) is 0 Å². The van der Waals surface area contributed by atoms with Crippen molar-refractivity contribution in [2.75, 3.05) is 11.9 Å². The Balaban J connectivity index is 1.97. The zero-order valence-corrected chi connectivity index (χ0v) is 12.1. The summed E-state index contributed by atoms with van der Waals surface area (Å²) in [7, 11) is 0. The normalized spacial score (nSPS) is 24.6. The van der Waals surface area contributed by atoms with Gasteiger partial charge in [0.1, 0.15) is 0 Å². The molecule has 2 nitrogen and oxygen atoms in total. The molecule has 94 valence electrons. The van der Waals surface area contributed by atoms with Gasteiger partial charge in [0.05, 0.1) is 6.10 Å². The van der Waals surface area contributed by atoms with Crippen molar-refractivity contribution in [2.24, 2.45) is 0 Å². The summed E-state index contributed by atoms with van der Waals surface area (Å²) in [6.45, 7) is 5.17. The molecule has 0 amide bonds. The van der Waals surface area contributed by atoms with Gasteiger partial charge < -0.3 is 10.1 Å².